The summed E-state index contributed by atoms with van der Waals surface area (Å²) in [5, 5.41) is 37.6. The van der Waals surface area contributed by atoms with Crippen molar-refractivity contribution in [3.63, 3.8) is 0 Å². The second-order valence-electron chi connectivity index (χ2n) is 5.27. The second-order valence-corrected chi connectivity index (χ2v) is 5.27. The summed E-state index contributed by atoms with van der Waals surface area (Å²) in [5.41, 5.74) is 10.7. The molecular formula is C14H10N6O6. The summed E-state index contributed by atoms with van der Waals surface area (Å²) in [5.74, 6) is 0. The van der Waals surface area contributed by atoms with E-state index in [0.29, 0.717) is 0 Å². The Bertz CT molecular complexity index is 1050. The molecule has 2 aromatic carbocycles. The molecule has 0 unspecified atom stereocenters. The number of nitro benzene ring substituents is 2. The van der Waals surface area contributed by atoms with Crippen LogP contribution in [-0.2, 0) is 0 Å². The number of anilines is 2. The first-order chi connectivity index (χ1) is 12.3. The highest BCUT2D eigenvalue weighted by atomic mass is 16.8. The van der Waals surface area contributed by atoms with E-state index in [2.05, 4.69) is 9.79 Å². The molecule has 0 aliphatic carbocycles. The van der Waals surface area contributed by atoms with Crippen LogP contribution in [0.5, 0.6) is 0 Å². The third-order valence-electron chi connectivity index (χ3n) is 3.46. The average Bonchev–Trinajstić information content (AvgIpc) is 2.95. The lowest BCUT2D eigenvalue weighted by atomic mass is 10.0. The molecule has 26 heavy (non-hydrogen) atoms. The Kier molecular flexibility index (Phi) is 3.84. The Labute approximate surface area is 144 Å². The molecule has 0 saturated heterocycles. The van der Waals surface area contributed by atoms with Gasteiger partial charge in [0.05, 0.1) is 9.85 Å². The monoisotopic (exact) mass is 358 g/mol. The van der Waals surface area contributed by atoms with Crippen molar-refractivity contribution in [3.8, 4) is 22.5 Å². The standard InChI is InChI=1S/C14H10N6O6/c15-9-1-7(3-11(5-9)18(21)22)13-14(20(25)26-17-13)8-2-10(16)6-12(4-8)19(23)24/h1-6H,15-16H2. The van der Waals surface area contributed by atoms with E-state index >= 15 is 0 Å². The van der Waals surface area contributed by atoms with Gasteiger partial charge in [-0.2, -0.15) is 0 Å². The Balaban J connectivity index is 2.24. The van der Waals surface area contributed by atoms with E-state index in [4.69, 9.17) is 11.5 Å². The van der Waals surface area contributed by atoms with Crippen molar-refractivity contribution in [3.05, 3.63) is 61.8 Å². The highest BCUT2D eigenvalue weighted by Crippen LogP contribution is 2.34. The molecule has 1 aromatic heterocycles. The number of nitrogens with zero attached hydrogens (tertiary/aromatic N) is 4. The van der Waals surface area contributed by atoms with Crippen molar-refractivity contribution in [2.75, 3.05) is 11.5 Å². The van der Waals surface area contributed by atoms with E-state index in [1.165, 1.54) is 12.1 Å². The summed E-state index contributed by atoms with van der Waals surface area (Å²) in [6.45, 7) is 0. The Hall–Kier alpha value is -4.22. The first kappa shape index (κ1) is 16.6. The highest BCUT2D eigenvalue weighted by Gasteiger charge is 2.26. The van der Waals surface area contributed by atoms with E-state index < -0.39 is 9.85 Å². The molecule has 0 fully saturated rings. The number of benzene rings is 2. The minimum atomic E-state index is -0.673. The molecule has 0 atom stereocenters. The van der Waals surface area contributed by atoms with Crippen LogP contribution in [0.2, 0.25) is 0 Å². The third kappa shape index (κ3) is 2.93. The lowest BCUT2D eigenvalue weighted by Gasteiger charge is -2.03. The molecular weight excluding hydrogens is 348 g/mol. The summed E-state index contributed by atoms with van der Waals surface area (Å²) in [6, 6.07) is 7.20. The number of nitro groups is 2. The van der Waals surface area contributed by atoms with E-state index in [-0.39, 0.29) is 50.2 Å². The fourth-order valence-electron chi connectivity index (χ4n) is 2.43. The molecule has 0 aliphatic rings. The van der Waals surface area contributed by atoms with Gasteiger partial charge in [-0.3, -0.25) is 24.9 Å². The van der Waals surface area contributed by atoms with E-state index in [1.54, 1.807) is 0 Å². The number of aromatic nitrogens is 2. The van der Waals surface area contributed by atoms with Crippen LogP contribution < -0.4 is 16.4 Å². The van der Waals surface area contributed by atoms with Gasteiger partial charge >= 0.3 is 0 Å². The van der Waals surface area contributed by atoms with Crippen molar-refractivity contribution in [2.24, 2.45) is 0 Å². The van der Waals surface area contributed by atoms with Gasteiger partial charge < -0.3 is 16.7 Å². The zero-order valence-corrected chi connectivity index (χ0v) is 12.9. The van der Waals surface area contributed by atoms with Gasteiger partial charge in [0.1, 0.15) is 0 Å². The van der Waals surface area contributed by atoms with Crippen LogP contribution in [0.3, 0.4) is 0 Å². The van der Waals surface area contributed by atoms with Crippen LogP contribution in [0.25, 0.3) is 22.5 Å². The molecule has 0 aliphatic heterocycles. The van der Waals surface area contributed by atoms with Crippen LogP contribution in [0.4, 0.5) is 22.7 Å². The molecule has 0 radical (unpaired) electrons. The second kappa shape index (κ2) is 6.01. The van der Waals surface area contributed by atoms with Gasteiger partial charge in [-0.25, -0.2) is 0 Å². The summed E-state index contributed by atoms with van der Waals surface area (Å²) in [7, 11) is 0. The fourth-order valence-corrected chi connectivity index (χ4v) is 2.43. The molecule has 12 nitrogen and oxygen atoms in total. The quantitative estimate of drug-likeness (QED) is 0.302. The molecule has 132 valence electrons. The lowest BCUT2D eigenvalue weighted by molar-refractivity contribution is -0.793. The largest absolute Gasteiger partial charge is 0.399 e. The topological polar surface area (TPSA) is 191 Å². The zero-order chi connectivity index (χ0) is 19.0. The maximum atomic E-state index is 12.0. The van der Waals surface area contributed by atoms with Crippen molar-refractivity contribution < 1.29 is 19.4 Å². The molecule has 4 N–H and O–H groups in total. The molecule has 3 rings (SSSR count). The Morgan fingerprint density at radius 2 is 1.38 bits per heavy atom. The summed E-state index contributed by atoms with van der Waals surface area (Å²) < 4.78 is 4.57. The Morgan fingerprint density at radius 3 is 1.92 bits per heavy atom. The normalized spacial score (nSPS) is 10.6. The molecule has 0 spiro atoms. The number of nitrogens with two attached hydrogens (primary N) is 2. The first-order valence-electron chi connectivity index (χ1n) is 6.96. The van der Waals surface area contributed by atoms with E-state index in [1.807, 2.05) is 0 Å². The predicted octanol–water partition coefficient (Wildman–Crippen LogP) is 1.62. The fraction of sp³-hybridized carbons (Fsp3) is 0. The molecule has 3 aromatic rings. The molecule has 0 amide bonds. The van der Waals surface area contributed by atoms with Crippen molar-refractivity contribution in [1.82, 2.24) is 5.16 Å². The van der Waals surface area contributed by atoms with Crippen LogP contribution in [0, 0.1) is 25.4 Å². The number of non-ortho nitro benzene ring substituents is 2. The van der Waals surface area contributed by atoms with Gasteiger partial charge in [0.15, 0.2) is 0 Å². The maximum Gasteiger partial charge on any atom is 0.272 e. The van der Waals surface area contributed by atoms with Gasteiger partial charge in [0.2, 0.25) is 5.69 Å². The maximum absolute atomic E-state index is 12.0. The minimum Gasteiger partial charge on any atom is -0.399 e. The van der Waals surface area contributed by atoms with E-state index in [0.717, 1.165) is 24.3 Å². The molecule has 0 bridgehead atoms. The number of hydrogen-bond donors (Lipinski definition) is 2. The number of hydrogen-bond acceptors (Lipinski definition) is 9. The number of rotatable bonds is 4. The van der Waals surface area contributed by atoms with E-state index in [9.17, 15) is 25.4 Å². The third-order valence-corrected chi connectivity index (χ3v) is 3.46. The zero-order valence-electron chi connectivity index (χ0n) is 12.9. The van der Waals surface area contributed by atoms with Crippen LogP contribution in [0.15, 0.2) is 41.0 Å². The summed E-state index contributed by atoms with van der Waals surface area (Å²) in [4.78, 5) is 20.7. The van der Waals surface area contributed by atoms with Gasteiger partial charge in [0.25, 0.3) is 17.1 Å². The lowest BCUT2D eigenvalue weighted by Crippen LogP contribution is -2.25. The van der Waals surface area contributed by atoms with Gasteiger partial charge in [0, 0.05) is 51.9 Å². The summed E-state index contributed by atoms with van der Waals surface area (Å²) in [6.07, 6.45) is 0. The first-order valence-corrected chi connectivity index (χ1v) is 6.96. The van der Waals surface area contributed by atoms with Crippen molar-refractivity contribution in [2.45, 2.75) is 0 Å². The van der Waals surface area contributed by atoms with Crippen molar-refractivity contribution >= 4 is 22.7 Å². The smallest absolute Gasteiger partial charge is 0.272 e. The highest BCUT2D eigenvalue weighted by molar-refractivity contribution is 5.80. The summed E-state index contributed by atoms with van der Waals surface area (Å²) >= 11 is 0. The van der Waals surface area contributed by atoms with Crippen LogP contribution in [-0.4, -0.2) is 15.0 Å². The minimum absolute atomic E-state index is 0.0306. The Morgan fingerprint density at radius 1 is 0.885 bits per heavy atom. The molecule has 1 heterocycles. The predicted molar refractivity (Wildman–Crippen MR) is 88.5 cm³/mol. The SMILES string of the molecule is Nc1cc(-c2no[n+]([O-])c2-c2cc(N)cc([N+](=O)[O-])c2)cc([N+](=O)[O-])c1. The van der Waals surface area contributed by atoms with Gasteiger partial charge in [-0.1, -0.05) is 0 Å². The van der Waals surface area contributed by atoms with Crippen LogP contribution in [0.1, 0.15) is 0 Å². The van der Waals surface area contributed by atoms with Crippen LogP contribution >= 0.6 is 0 Å². The molecule has 0 saturated carbocycles. The molecule has 12 heteroatoms. The van der Waals surface area contributed by atoms with Gasteiger partial charge in [-0.15, -0.1) is 0 Å². The average molecular weight is 358 g/mol. The van der Waals surface area contributed by atoms with Gasteiger partial charge in [-0.05, 0) is 17.0 Å². The van der Waals surface area contributed by atoms with Crippen molar-refractivity contribution in [1.29, 1.82) is 0 Å². The number of nitrogen functional groups attached to an aromatic ring is 2.